The second-order valence-corrected chi connectivity index (χ2v) is 7.83. The normalized spacial score (nSPS) is 14.3. The molecule has 1 fully saturated rings. The van der Waals surface area contributed by atoms with E-state index in [0.717, 1.165) is 25.2 Å². The van der Waals surface area contributed by atoms with Crippen LogP contribution in [0.2, 0.25) is 0 Å². The molecule has 2 aromatic carbocycles. The molecule has 5 nitrogen and oxygen atoms in total. The van der Waals surface area contributed by atoms with Crippen LogP contribution in [0, 0.1) is 17.1 Å². The number of halogens is 1. The topological polar surface area (TPSA) is 60.2 Å². The first-order valence-electron chi connectivity index (χ1n) is 9.41. The summed E-state index contributed by atoms with van der Waals surface area (Å²) in [5.74, 6) is -0.402. The maximum Gasteiger partial charge on any atom is 0.265 e. The molecule has 7 heteroatoms. The van der Waals surface area contributed by atoms with E-state index in [0.29, 0.717) is 34.1 Å². The summed E-state index contributed by atoms with van der Waals surface area (Å²) in [6.45, 7) is 2.83. The van der Waals surface area contributed by atoms with Gasteiger partial charge in [-0.15, -0.1) is 11.3 Å². The average molecular weight is 406 g/mol. The van der Waals surface area contributed by atoms with Gasteiger partial charge in [-0.3, -0.25) is 4.79 Å². The van der Waals surface area contributed by atoms with Gasteiger partial charge in [-0.05, 0) is 42.8 Å². The largest absolute Gasteiger partial charge is 0.370 e. The van der Waals surface area contributed by atoms with E-state index < -0.39 is 0 Å². The maximum absolute atomic E-state index is 14.0. The lowest BCUT2D eigenvalue weighted by atomic mass is 10.2. The molecule has 0 unspecified atom stereocenters. The van der Waals surface area contributed by atoms with E-state index in [-0.39, 0.29) is 11.7 Å². The van der Waals surface area contributed by atoms with Crippen LogP contribution in [-0.4, -0.2) is 42.0 Å². The number of aromatic nitrogens is 1. The Bertz CT molecular complexity index is 1060. The molecule has 2 heterocycles. The van der Waals surface area contributed by atoms with Gasteiger partial charge in [0.25, 0.3) is 5.91 Å². The van der Waals surface area contributed by atoms with Crippen molar-refractivity contribution in [2.75, 3.05) is 31.1 Å². The molecule has 0 N–H and O–H groups in total. The first-order valence-corrected chi connectivity index (χ1v) is 10.2. The molecule has 1 aromatic heterocycles. The number of nitriles is 1. The Balaban J connectivity index is 1.45. The second-order valence-electron chi connectivity index (χ2n) is 6.80. The fourth-order valence-electron chi connectivity index (χ4n) is 3.41. The molecule has 0 radical (unpaired) electrons. The summed E-state index contributed by atoms with van der Waals surface area (Å²) in [5, 5.41) is 9.46. The fraction of sp³-hybridized carbons (Fsp3) is 0.227. The van der Waals surface area contributed by atoms with Gasteiger partial charge in [-0.1, -0.05) is 12.1 Å². The fourth-order valence-corrected chi connectivity index (χ4v) is 4.32. The third-order valence-electron chi connectivity index (χ3n) is 4.97. The van der Waals surface area contributed by atoms with Crippen LogP contribution in [0.5, 0.6) is 0 Å². The van der Waals surface area contributed by atoms with Crippen LogP contribution in [0.25, 0.3) is 10.6 Å². The first-order chi connectivity index (χ1) is 14.2. The second kappa shape index (κ2) is 8.41. The highest BCUT2D eigenvalue weighted by atomic mass is 32.1. The summed E-state index contributed by atoms with van der Waals surface area (Å²) in [4.78, 5) is 21.8. The maximum atomic E-state index is 14.0. The zero-order valence-corrected chi connectivity index (χ0v) is 16.5. The molecular formula is C22H19FN4OS. The minimum absolute atomic E-state index is 0.0632. The molecule has 1 aliphatic rings. The van der Waals surface area contributed by atoms with E-state index in [4.69, 9.17) is 5.26 Å². The third-order valence-corrected chi connectivity index (χ3v) is 5.98. The molecule has 0 aliphatic carbocycles. The smallest absolute Gasteiger partial charge is 0.265 e. The van der Waals surface area contributed by atoms with Crippen molar-refractivity contribution >= 4 is 22.9 Å². The summed E-state index contributed by atoms with van der Waals surface area (Å²) in [6.07, 6.45) is 2.39. The van der Waals surface area contributed by atoms with Crippen LogP contribution in [0.3, 0.4) is 0 Å². The van der Waals surface area contributed by atoms with Gasteiger partial charge in [0.2, 0.25) is 0 Å². The molecule has 0 saturated carbocycles. The first kappa shape index (κ1) is 19.1. The van der Waals surface area contributed by atoms with Gasteiger partial charge in [-0.25, -0.2) is 9.37 Å². The van der Waals surface area contributed by atoms with Crippen molar-refractivity contribution in [3.63, 3.8) is 0 Å². The standard InChI is InChI=1S/C22H19FN4OS/c23-19-5-2-1-4-18(19)21-25-15-20(29-21)22(28)27-11-3-10-26(12-13-27)17-8-6-16(14-24)7-9-17/h1-2,4-9,15H,3,10-13H2. The highest BCUT2D eigenvalue weighted by molar-refractivity contribution is 7.16. The Labute approximate surface area is 172 Å². The van der Waals surface area contributed by atoms with Gasteiger partial charge in [0, 0.05) is 37.4 Å². The monoisotopic (exact) mass is 406 g/mol. The zero-order chi connectivity index (χ0) is 20.2. The number of thiazole rings is 1. The number of anilines is 1. The number of amides is 1. The van der Waals surface area contributed by atoms with Crippen LogP contribution in [0.15, 0.2) is 54.7 Å². The predicted molar refractivity (Wildman–Crippen MR) is 111 cm³/mol. The summed E-state index contributed by atoms with van der Waals surface area (Å²) in [6, 6.07) is 16.1. The molecule has 1 aliphatic heterocycles. The number of hydrogen-bond donors (Lipinski definition) is 0. The lowest BCUT2D eigenvalue weighted by Gasteiger charge is -2.23. The number of hydrogen-bond acceptors (Lipinski definition) is 5. The molecular weight excluding hydrogens is 387 g/mol. The van der Waals surface area contributed by atoms with Gasteiger partial charge in [0.05, 0.1) is 17.8 Å². The van der Waals surface area contributed by atoms with Crippen LogP contribution >= 0.6 is 11.3 Å². The molecule has 1 amide bonds. The SMILES string of the molecule is N#Cc1ccc(N2CCCN(C(=O)c3cnc(-c4ccccc4F)s3)CC2)cc1. The number of benzene rings is 2. The van der Waals surface area contributed by atoms with Crippen molar-refractivity contribution < 1.29 is 9.18 Å². The Morgan fingerprint density at radius 1 is 1.07 bits per heavy atom. The van der Waals surface area contributed by atoms with Gasteiger partial charge in [-0.2, -0.15) is 5.26 Å². The molecule has 146 valence electrons. The van der Waals surface area contributed by atoms with Crippen molar-refractivity contribution in [1.29, 1.82) is 5.26 Å². The third kappa shape index (κ3) is 4.13. The molecule has 0 bridgehead atoms. The molecule has 1 saturated heterocycles. The van der Waals surface area contributed by atoms with Gasteiger partial charge in [0.15, 0.2) is 0 Å². The predicted octanol–water partition coefficient (Wildman–Crippen LogP) is 4.17. The van der Waals surface area contributed by atoms with Crippen LogP contribution in [-0.2, 0) is 0 Å². The van der Waals surface area contributed by atoms with Crippen LogP contribution in [0.1, 0.15) is 21.7 Å². The van der Waals surface area contributed by atoms with E-state index in [2.05, 4.69) is 16.0 Å². The average Bonchev–Trinajstić information content (AvgIpc) is 3.11. The minimum atomic E-state index is -0.339. The van der Waals surface area contributed by atoms with Crippen molar-refractivity contribution in [3.05, 3.63) is 71.0 Å². The van der Waals surface area contributed by atoms with Crippen molar-refractivity contribution in [1.82, 2.24) is 9.88 Å². The number of rotatable bonds is 3. The molecule has 4 rings (SSSR count). The highest BCUT2D eigenvalue weighted by Crippen LogP contribution is 2.28. The van der Waals surface area contributed by atoms with E-state index >= 15 is 0 Å². The highest BCUT2D eigenvalue weighted by Gasteiger charge is 2.23. The molecule has 29 heavy (non-hydrogen) atoms. The molecule has 3 aromatic rings. The Morgan fingerprint density at radius 2 is 1.86 bits per heavy atom. The Morgan fingerprint density at radius 3 is 2.62 bits per heavy atom. The van der Waals surface area contributed by atoms with E-state index in [1.54, 1.807) is 18.2 Å². The van der Waals surface area contributed by atoms with Crippen molar-refractivity contribution in [2.24, 2.45) is 0 Å². The molecule has 0 spiro atoms. The van der Waals surface area contributed by atoms with Crippen molar-refractivity contribution in [3.8, 4) is 16.6 Å². The van der Waals surface area contributed by atoms with Gasteiger partial charge < -0.3 is 9.80 Å². The Kier molecular flexibility index (Phi) is 5.54. The van der Waals surface area contributed by atoms with E-state index in [1.807, 2.05) is 29.2 Å². The summed E-state index contributed by atoms with van der Waals surface area (Å²) < 4.78 is 14.0. The van der Waals surface area contributed by atoms with E-state index in [9.17, 15) is 9.18 Å². The Hall–Kier alpha value is -3.24. The number of nitrogens with zero attached hydrogens (tertiary/aromatic N) is 4. The van der Waals surface area contributed by atoms with Crippen LogP contribution < -0.4 is 4.90 Å². The van der Waals surface area contributed by atoms with Crippen molar-refractivity contribution in [2.45, 2.75) is 6.42 Å². The van der Waals surface area contributed by atoms with Gasteiger partial charge in [0.1, 0.15) is 15.7 Å². The summed E-state index contributed by atoms with van der Waals surface area (Å²) in [5.41, 5.74) is 2.11. The quantitative estimate of drug-likeness (QED) is 0.655. The van der Waals surface area contributed by atoms with Gasteiger partial charge >= 0.3 is 0 Å². The van der Waals surface area contributed by atoms with E-state index in [1.165, 1.54) is 23.6 Å². The lowest BCUT2D eigenvalue weighted by Crippen LogP contribution is -2.34. The summed E-state index contributed by atoms with van der Waals surface area (Å²) in [7, 11) is 0. The number of carbonyl (C=O) groups excluding carboxylic acids is 1. The summed E-state index contributed by atoms with van der Waals surface area (Å²) >= 11 is 1.22. The zero-order valence-electron chi connectivity index (χ0n) is 15.7. The van der Waals surface area contributed by atoms with Crippen LogP contribution in [0.4, 0.5) is 10.1 Å². The minimum Gasteiger partial charge on any atom is -0.370 e. The lowest BCUT2D eigenvalue weighted by molar-refractivity contribution is 0.0771. The molecule has 0 atom stereocenters. The number of carbonyl (C=O) groups is 1.